The minimum Gasteiger partial charge on any atom is -0.481 e. The number of hydrogen-bond acceptors (Lipinski definition) is 3. The number of carbonyl (C=O) groups excluding carboxylic acids is 1. The number of para-hydroxylation sites is 1. The fraction of sp³-hybridized carbons (Fsp3) is 0.333. The van der Waals surface area contributed by atoms with Gasteiger partial charge >= 0.3 is 5.97 Å². The molecule has 1 aromatic carbocycles. The van der Waals surface area contributed by atoms with Crippen molar-refractivity contribution >= 4 is 22.8 Å². The van der Waals surface area contributed by atoms with Gasteiger partial charge in [-0.3, -0.25) is 9.59 Å². The molecule has 1 aliphatic heterocycles. The summed E-state index contributed by atoms with van der Waals surface area (Å²) in [5.74, 6) is -1.25. The van der Waals surface area contributed by atoms with E-state index in [1.807, 2.05) is 24.3 Å². The van der Waals surface area contributed by atoms with Crippen LogP contribution in [0.3, 0.4) is 0 Å². The fourth-order valence-corrected chi connectivity index (χ4v) is 2.68. The minimum atomic E-state index is -0.947. The number of carboxylic acids is 1. The Morgan fingerprint density at radius 3 is 2.86 bits per heavy atom. The predicted molar refractivity (Wildman–Crippen MR) is 76.2 cm³/mol. The molecule has 0 saturated carbocycles. The Labute approximate surface area is 121 Å². The second-order valence-electron chi connectivity index (χ2n) is 5.38. The normalized spacial score (nSPS) is 21.5. The number of amides is 1. The van der Waals surface area contributed by atoms with Gasteiger partial charge in [0.1, 0.15) is 5.69 Å². The molecular weight excluding hydrogens is 272 g/mol. The first-order valence-electron chi connectivity index (χ1n) is 6.78. The second kappa shape index (κ2) is 5.21. The SMILES string of the molecule is O=C(O)CC1(NC(=O)c2cc3ccccc3[nH]2)CCOC1. The van der Waals surface area contributed by atoms with Crippen molar-refractivity contribution in [3.8, 4) is 0 Å². The van der Waals surface area contributed by atoms with Crippen molar-refractivity contribution in [2.75, 3.05) is 13.2 Å². The average Bonchev–Trinajstić information content (AvgIpc) is 3.04. The molecule has 2 heterocycles. The molecule has 0 aliphatic carbocycles. The summed E-state index contributed by atoms with van der Waals surface area (Å²) >= 11 is 0. The Hall–Kier alpha value is -2.34. The van der Waals surface area contributed by atoms with E-state index in [1.54, 1.807) is 6.07 Å². The van der Waals surface area contributed by atoms with Gasteiger partial charge < -0.3 is 20.1 Å². The molecule has 1 aromatic heterocycles. The molecule has 1 aliphatic rings. The highest BCUT2D eigenvalue weighted by molar-refractivity contribution is 5.98. The number of carbonyl (C=O) groups is 2. The lowest BCUT2D eigenvalue weighted by molar-refractivity contribution is -0.138. The van der Waals surface area contributed by atoms with E-state index in [9.17, 15) is 9.59 Å². The van der Waals surface area contributed by atoms with Crippen LogP contribution in [-0.2, 0) is 9.53 Å². The van der Waals surface area contributed by atoms with Crippen LogP contribution in [0.1, 0.15) is 23.3 Å². The van der Waals surface area contributed by atoms with Crippen molar-refractivity contribution in [1.82, 2.24) is 10.3 Å². The van der Waals surface area contributed by atoms with Crippen LogP contribution in [0.5, 0.6) is 0 Å². The molecule has 1 saturated heterocycles. The third-order valence-corrected chi connectivity index (χ3v) is 3.75. The number of aromatic amines is 1. The van der Waals surface area contributed by atoms with Crippen LogP contribution >= 0.6 is 0 Å². The number of carboxylic acid groups (broad SMARTS) is 1. The smallest absolute Gasteiger partial charge is 0.305 e. The summed E-state index contributed by atoms with van der Waals surface area (Å²) in [5.41, 5.74) is 0.477. The number of H-pyrrole nitrogens is 1. The third kappa shape index (κ3) is 2.75. The Balaban J connectivity index is 1.82. The van der Waals surface area contributed by atoms with Crippen molar-refractivity contribution in [3.05, 3.63) is 36.0 Å². The summed E-state index contributed by atoms with van der Waals surface area (Å²) < 4.78 is 5.27. The van der Waals surface area contributed by atoms with Crippen molar-refractivity contribution < 1.29 is 19.4 Å². The molecule has 1 amide bonds. The second-order valence-corrected chi connectivity index (χ2v) is 5.38. The fourth-order valence-electron chi connectivity index (χ4n) is 2.68. The Bertz CT molecular complexity index is 653. The number of rotatable bonds is 4. The number of aliphatic carboxylic acids is 1. The van der Waals surface area contributed by atoms with E-state index in [0.717, 1.165) is 10.9 Å². The number of hydrogen-bond donors (Lipinski definition) is 3. The van der Waals surface area contributed by atoms with Crippen LogP contribution in [0, 0.1) is 0 Å². The van der Waals surface area contributed by atoms with Crippen LogP contribution < -0.4 is 5.32 Å². The largest absolute Gasteiger partial charge is 0.481 e. The monoisotopic (exact) mass is 288 g/mol. The molecular formula is C15H16N2O4. The van der Waals surface area contributed by atoms with Gasteiger partial charge in [-0.1, -0.05) is 18.2 Å². The summed E-state index contributed by atoms with van der Waals surface area (Å²) in [6.07, 6.45) is 0.365. The van der Waals surface area contributed by atoms with Gasteiger partial charge in [-0.2, -0.15) is 0 Å². The molecule has 110 valence electrons. The van der Waals surface area contributed by atoms with Crippen LogP contribution in [0.4, 0.5) is 0 Å². The third-order valence-electron chi connectivity index (χ3n) is 3.75. The highest BCUT2D eigenvalue weighted by Crippen LogP contribution is 2.24. The van der Waals surface area contributed by atoms with E-state index in [2.05, 4.69) is 10.3 Å². The first-order chi connectivity index (χ1) is 10.1. The summed E-state index contributed by atoms with van der Waals surface area (Å²) in [6, 6.07) is 9.34. The van der Waals surface area contributed by atoms with Gasteiger partial charge in [0.2, 0.25) is 0 Å². The molecule has 6 heteroatoms. The zero-order valence-corrected chi connectivity index (χ0v) is 11.4. The van der Waals surface area contributed by atoms with Crippen LogP contribution in [0.2, 0.25) is 0 Å². The molecule has 0 spiro atoms. The van der Waals surface area contributed by atoms with E-state index in [4.69, 9.17) is 9.84 Å². The van der Waals surface area contributed by atoms with Crippen LogP contribution in [0.15, 0.2) is 30.3 Å². The van der Waals surface area contributed by atoms with Crippen LogP contribution in [0.25, 0.3) is 10.9 Å². The Kier molecular flexibility index (Phi) is 3.39. The minimum absolute atomic E-state index is 0.140. The van der Waals surface area contributed by atoms with Crippen molar-refractivity contribution in [2.24, 2.45) is 0 Å². The van der Waals surface area contributed by atoms with Crippen molar-refractivity contribution in [2.45, 2.75) is 18.4 Å². The number of nitrogens with one attached hydrogen (secondary N) is 2. The molecule has 0 bridgehead atoms. The zero-order chi connectivity index (χ0) is 14.9. The molecule has 0 radical (unpaired) electrons. The quantitative estimate of drug-likeness (QED) is 0.795. The number of fused-ring (bicyclic) bond motifs is 1. The molecule has 1 atom stereocenters. The van der Waals surface area contributed by atoms with E-state index in [-0.39, 0.29) is 18.9 Å². The van der Waals surface area contributed by atoms with Crippen LogP contribution in [-0.4, -0.2) is 40.7 Å². The molecule has 2 aromatic rings. The topological polar surface area (TPSA) is 91.4 Å². The highest BCUT2D eigenvalue weighted by atomic mass is 16.5. The molecule has 1 unspecified atom stereocenters. The molecule has 3 rings (SSSR count). The van der Waals surface area contributed by atoms with Gasteiger partial charge in [-0.25, -0.2) is 0 Å². The predicted octanol–water partition coefficient (Wildman–Crippen LogP) is 1.53. The van der Waals surface area contributed by atoms with E-state index >= 15 is 0 Å². The molecule has 21 heavy (non-hydrogen) atoms. The van der Waals surface area contributed by atoms with Crippen molar-refractivity contribution in [3.63, 3.8) is 0 Å². The van der Waals surface area contributed by atoms with Gasteiger partial charge in [0.15, 0.2) is 0 Å². The van der Waals surface area contributed by atoms with E-state index < -0.39 is 11.5 Å². The number of aromatic nitrogens is 1. The van der Waals surface area contributed by atoms with Gasteiger partial charge in [0, 0.05) is 17.5 Å². The van der Waals surface area contributed by atoms with E-state index in [0.29, 0.717) is 18.7 Å². The number of benzene rings is 1. The van der Waals surface area contributed by atoms with E-state index in [1.165, 1.54) is 0 Å². The summed E-state index contributed by atoms with van der Waals surface area (Å²) in [5, 5.41) is 12.8. The number of ether oxygens (including phenoxy) is 1. The van der Waals surface area contributed by atoms with Gasteiger partial charge in [0.25, 0.3) is 5.91 Å². The summed E-state index contributed by atoms with van der Waals surface area (Å²) in [4.78, 5) is 26.4. The maximum atomic E-state index is 12.4. The molecule has 1 fully saturated rings. The average molecular weight is 288 g/mol. The molecule has 6 nitrogen and oxygen atoms in total. The maximum absolute atomic E-state index is 12.4. The Morgan fingerprint density at radius 1 is 1.38 bits per heavy atom. The van der Waals surface area contributed by atoms with Gasteiger partial charge in [-0.15, -0.1) is 0 Å². The first kappa shape index (κ1) is 13.6. The summed E-state index contributed by atoms with van der Waals surface area (Å²) in [7, 11) is 0. The van der Waals surface area contributed by atoms with Crippen molar-refractivity contribution in [1.29, 1.82) is 0 Å². The lowest BCUT2D eigenvalue weighted by Crippen LogP contribution is -2.50. The standard InChI is InChI=1S/C15H16N2O4/c18-13(19)8-15(5-6-21-9-15)17-14(20)12-7-10-3-1-2-4-11(10)16-12/h1-4,7,16H,5-6,8-9H2,(H,17,20)(H,18,19). The maximum Gasteiger partial charge on any atom is 0.305 e. The Morgan fingerprint density at radius 2 is 2.19 bits per heavy atom. The van der Waals surface area contributed by atoms with Gasteiger partial charge in [-0.05, 0) is 18.6 Å². The zero-order valence-electron chi connectivity index (χ0n) is 11.4. The summed E-state index contributed by atoms with van der Waals surface area (Å²) in [6.45, 7) is 0.686. The highest BCUT2D eigenvalue weighted by Gasteiger charge is 2.39. The lowest BCUT2D eigenvalue weighted by atomic mass is 9.94. The molecule has 3 N–H and O–H groups in total. The van der Waals surface area contributed by atoms with Gasteiger partial charge in [0.05, 0.1) is 18.6 Å². The lowest BCUT2D eigenvalue weighted by Gasteiger charge is -2.26. The first-order valence-corrected chi connectivity index (χ1v) is 6.78.